The summed E-state index contributed by atoms with van der Waals surface area (Å²) in [6.45, 7) is 1.21. The summed E-state index contributed by atoms with van der Waals surface area (Å²) in [5, 5.41) is 11.7. The predicted molar refractivity (Wildman–Crippen MR) is 91.5 cm³/mol. The van der Waals surface area contributed by atoms with E-state index in [4.69, 9.17) is 4.74 Å². The van der Waals surface area contributed by atoms with E-state index >= 15 is 0 Å². The molecule has 1 aromatic carbocycles. The molecule has 2 fully saturated rings. The molecule has 1 saturated heterocycles. The summed E-state index contributed by atoms with van der Waals surface area (Å²) in [5.74, 6) is 0.0269. The van der Waals surface area contributed by atoms with Gasteiger partial charge in [0.05, 0.1) is 28.6 Å². The minimum absolute atomic E-state index is 0.0269. The van der Waals surface area contributed by atoms with E-state index in [1.165, 1.54) is 23.5 Å². The standard InChI is InChI=1S/C17H18N2O4S/c20-17(18-7-8-23-14-4-2-1-3-13(14)18)16-10-11-9-12(19(21)22)5-6-15(11)24-16/h5-6,9-10,13-14H,1-4,7-8H2/t13-,14-/m1/s1. The van der Waals surface area contributed by atoms with Crippen molar-refractivity contribution in [2.45, 2.75) is 37.8 Å². The second-order valence-corrected chi connectivity index (χ2v) is 7.43. The maximum absolute atomic E-state index is 13.0. The van der Waals surface area contributed by atoms with Gasteiger partial charge in [0.1, 0.15) is 0 Å². The number of morpholine rings is 1. The van der Waals surface area contributed by atoms with Crippen molar-refractivity contribution in [3.63, 3.8) is 0 Å². The van der Waals surface area contributed by atoms with Crippen molar-refractivity contribution in [1.82, 2.24) is 4.90 Å². The van der Waals surface area contributed by atoms with Crippen LogP contribution in [0, 0.1) is 10.1 Å². The van der Waals surface area contributed by atoms with Gasteiger partial charge in [-0.25, -0.2) is 0 Å². The summed E-state index contributed by atoms with van der Waals surface area (Å²) in [6, 6.07) is 6.68. The van der Waals surface area contributed by atoms with Crippen molar-refractivity contribution in [3.8, 4) is 0 Å². The number of non-ortho nitro benzene ring substituents is 1. The Morgan fingerprint density at radius 1 is 1.29 bits per heavy atom. The molecule has 2 aliphatic rings. The summed E-state index contributed by atoms with van der Waals surface area (Å²) in [5.41, 5.74) is 0.0537. The number of fused-ring (bicyclic) bond motifs is 2. The molecule has 2 aromatic rings. The second-order valence-electron chi connectivity index (χ2n) is 6.35. The third kappa shape index (κ3) is 2.67. The molecule has 1 aliphatic carbocycles. The van der Waals surface area contributed by atoms with E-state index in [-0.39, 0.29) is 23.7 Å². The number of nitro groups is 1. The Morgan fingerprint density at radius 3 is 2.96 bits per heavy atom. The average molecular weight is 346 g/mol. The van der Waals surface area contributed by atoms with Crippen molar-refractivity contribution in [1.29, 1.82) is 0 Å². The molecule has 1 aromatic heterocycles. The molecule has 0 N–H and O–H groups in total. The van der Waals surface area contributed by atoms with E-state index in [0.717, 1.165) is 35.8 Å². The van der Waals surface area contributed by atoms with Gasteiger partial charge >= 0.3 is 0 Å². The Labute approximate surface area is 143 Å². The van der Waals surface area contributed by atoms with Crippen LogP contribution in [0.5, 0.6) is 0 Å². The van der Waals surface area contributed by atoms with Gasteiger partial charge in [0, 0.05) is 28.8 Å². The summed E-state index contributed by atoms with van der Waals surface area (Å²) in [6.07, 6.45) is 4.47. The number of ether oxygens (including phenoxy) is 1. The Morgan fingerprint density at radius 2 is 2.12 bits per heavy atom. The molecule has 1 saturated carbocycles. The fraction of sp³-hybridized carbons (Fsp3) is 0.471. The molecule has 1 amide bonds. The Kier molecular flexibility index (Phi) is 3.97. The zero-order chi connectivity index (χ0) is 16.7. The van der Waals surface area contributed by atoms with Crippen LogP contribution in [0.1, 0.15) is 35.4 Å². The quantitative estimate of drug-likeness (QED) is 0.615. The Balaban J connectivity index is 1.63. The molecule has 2 atom stereocenters. The number of thiophene rings is 1. The minimum atomic E-state index is -0.410. The highest BCUT2D eigenvalue weighted by Gasteiger charge is 2.37. The third-order valence-corrected chi connectivity index (χ3v) is 6.02. The van der Waals surface area contributed by atoms with Crippen LogP contribution in [0.15, 0.2) is 24.3 Å². The topological polar surface area (TPSA) is 72.7 Å². The molecule has 0 spiro atoms. The van der Waals surface area contributed by atoms with E-state index in [1.807, 2.05) is 4.90 Å². The summed E-state index contributed by atoms with van der Waals surface area (Å²) in [7, 11) is 0. The van der Waals surface area contributed by atoms with E-state index in [0.29, 0.717) is 18.0 Å². The van der Waals surface area contributed by atoms with Gasteiger partial charge in [-0.1, -0.05) is 12.8 Å². The van der Waals surface area contributed by atoms with Crippen LogP contribution in [0.3, 0.4) is 0 Å². The lowest BCUT2D eigenvalue weighted by atomic mass is 9.90. The highest BCUT2D eigenvalue weighted by molar-refractivity contribution is 7.20. The molecule has 4 rings (SSSR count). The average Bonchev–Trinajstić information content (AvgIpc) is 3.03. The molecular weight excluding hydrogens is 328 g/mol. The molecule has 7 heteroatoms. The van der Waals surface area contributed by atoms with Crippen LogP contribution >= 0.6 is 11.3 Å². The zero-order valence-corrected chi connectivity index (χ0v) is 14.0. The van der Waals surface area contributed by atoms with Gasteiger partial charge in [-0.3, -0.25) is 14.9 Å². The monoisotopic (exact) mass is 346 g/mol. The number of carbonyl (C=O) groups is 1. The van der Waals surface area contributed by atoms with Gasteiger partial charge in [-0.15, -0.1) is 11.3 Å². The molecule has 0 unspecified atom stereocenters. The number of nitrogens with zero attached hydrogens (tertiary/aromatic N) is 2. The summed E-state index contributed by atoms with van der Waals surface area (Å²) in [4.78, 5) is 26.1. The summed E-state index contributed by atoms with van der Waals surface area (Å²) >= 11 is 1.40. The van der Waals surface area contributed by atoms with Gasteiger partial charge in [0.2, 0.25) is 0 Å². The fourth-order valence-electron chi connectivity index (χ4n) is 3.74. The number of benzene rings is 1. The smallest absolute Gasteiger partial charge is 0.270 e. The highest BCUT2D eigenvalue weighted by Crippen LogP contribution is 2.33. The van der Waals surface area contributed by atoms with Gasteiger partial charge in [-0.05, 0) is 25.0 Å². The Hall–Kier alpha value is -1.99. The zero-order valence-electron chi connectivity index (χ0n) is 13.1. The van der Waals surface area contributed by atoms with Crippen molar-refractivity contribution >= 4 is 33.0 Å². The normalized spacial score (nSPS) is 23.9. The molecule has 1 aliphatic heterocycles. The van der Waals surface area contributed by atoms with Crippen LogP contribution < -0.4 is 0 Å². The highest BCUT2D eigenvalue weighted by atomic mass is 32.1. The van der Waals surface area contributed by atoms with Crippen molar-refractivity contribution in [2.24, 2.45) is 0 Å². The van der Waals surface area contributed by atoms with Crippen LogP contribution in [0.2, 0.25) is 0 Å². The number of hydrogen-bond acceptors (Lipinski definition) is 5. The first kappa shape index (κ1) is 15.5. The molecule has 2 heterocycles. The third-order valence-electron chi connectivity index (χ3n) is 4.91. The lowest BCUT2D eigenvalue weighted by Crippen LogP contribution is -2.54. The van der Waals surface area contributed by atoms with Crippen molar-refractivity contribution < 1.29 is 14.5 Å². The van der Waals surface area contributed by atoms with Crippen molar-refractivity contribution in [2.75, 3.05) is 13.2 Å². The number of hydrogen-bond donors (Lipinski definition) is 0. The van der Waals surface area contributed by atoms with E-state index in [1.54, 1.807) is 12.1 Å². The van der Waals surface area contributed by atoms with Gasteiger partial charge < -0.3 is 9.64 Å². The molecule has 126 valence electrons. The van der Waals surface area contributed by atoms with E-state index < -0.39 is 4.92 Å². The minimum Gasteiger partial charge on any atom is -0.374 e. The number of carbonyl (C=O) groups excluding carboxylic acids is 1. The second kappa shape index (κ2) is 6.14. The lowest BCUT2D eigenvalue weighted by molar-refractivity contribution is -0.384. The van der Waals surface area contributed by atoms with Crippen LogP contribution in [-0.4, -0.2) is 41.0 Å². The van der Waals surface area contributed by atoms with Crippen LogP contribution in [0.25, 0.3) is 10.1 Å². The first-order chi connectivity index (χ1) is 11.6. The predicted octanol–water partition coefficient (Wildman–Crippen LogP) is 3.59. The molecular formula is C17H18N2O4S. The fourth-order valence-corrected chi connectivity index (χ4v) is 4.74. The number of nitro benzene ring substituents is 1. The van der Waals surface area contributed by atoms with Crippen LogP contribution in [-0.2, 0) is 4.74 Å². The SMILES string of the molecule is O=C(c1cc2cc([N+](=O)[O-])ccc2s1)N1CCO[C@@H]2CCCC[C@H]21. The van der Waals surface area contributed by atoms with Gasteiger partial charge in [0.15, 0.2) is 0 Å². The first-order valence-electron chi connectivity index (χ1n) is 8.24. The first-order valence-corrected chi connectivity index (χ1v) is 9.06. The van der Waals surface area contributed by atoms with E-state index in [2.05, 4.69) is 0 Å². The molecule has 0 bridgehead atoms. The Bertz CT molecular complexity index is 801. The molecule has 24 heavy (non-hydrogen) atoms. The van der Waals surface area contributed by atoms with Gasteiger partial charge in [-0.2, -0.15) is 0 Å². The maximum atomic E-state index is 13.0. The summed E-state index contributed by atoms with van der Waals surface area (Å²) < 4.78 is 6.73. The van der Waals surface area contributed by atoms with Crippen molar-refractivity contribution in [3.05, 3.63) is 39.3 Å². The largest absolute Gasteiger partial charge is 0.374 e. The van der Waals surface area contributed by atoms with E-state index in [9.17, 15) is 14.9 Å². The maximum Gasteiger partial charge on any atom is 0.270 e. The van der Waals surface area contributed by atoms with Crippen LogP contribution in [0.4, 0.5) is 5.69 Å². The molecule has 6 nitrogen and oxygen atoms in total. The number of rotatable bonds is 2. The van der Waals surface area contributed by atoms with Gasteiger partial charge in [0.25, 0.3) is 11.6 Å². The lowest BCUT2D eigenvalue weighted by Gasteiger charge is -2.43. The number of amides is 1. The molecule has 0 radical (unpaired) electrons.